The maximum Gasteiger partial charge on any atom is 0.139 e. The van der Waals surface area contributed by atoms with Gasteiger partial charge in [0, 0.05) is 24.8 Å². The van der Waals surface area contributed by atoms with Gasteiger partial charge >= 0.3 is 0 Å². The van der Waals surface area contributed by atoms with Gasteiger partial charge in [0.2, 0.25) is 0 Å². The Morgan fingerprint density at radius 3 is 2.71 bits per heavy atom. The van der Waals surface area contributed by atoms with Crippen molar-refractivity contribution in [1.82, 2.24) is 9.55 Å². The van der Waals surface area contributed by atoms with Crippen LogP contribution < -0.4 is 0 Å². The van der Waals surface area contributed by atoms with Crippen LogP contribution in [0, 0.1) is 5.82 Å². The first-order valence-corrected chi connectivity index (χ1v) is 8.25. The minimum atomic E-state index is -0.284. The number of halogens is 3. The lowest BCUT2D eigenvalue weighted by Crippen LogP contribution is -2.37. The van der Waals surface area contributed by atoms with Crippen LogP contribution in [0.3, 0.4) is 0 Å². The highest BCUT2D eigenvalue weighted by molar-refractivity contribution is 9.10. The number of rotatable bonds is 2. The molecule has 3 nitrogen and oxygen atoms in total. The van der Waals surface area contributed by atoms with Crippen molar-refractivity contribution in [3.05, 3.63) is 28.2 Å². The van der Waals surface area contributed by atoms with Crippen molar-refractivity contribution in [1.29, 1.82) is 0 Å². The predicted molar refractivity (Wildman–Crippen MR) is 85.4 cm³/mol. The number of ether oxygens (including phenoxy) is 1. The fourth-order valence-electron chi connectivity index (χ4n) is 2.96. The molecule has 1 aromatic carbocycles. The molecule has 1 saturated heterocycles. The molecule has 0 spiro atoms. The first-order chi connectivity index (χ1) is 9.92. The molecule has 1 aromatic heterocycles. The topological polar surface area (TPSA) is 27.1 Å². The van der Waals surface area contributed by atoms with Crippen molar-refractivity contribution >= 4 is 38.6 Å². The van der Waals surface area contributed by atoms with E-state index < -0.39 is 0 Å². The van der Waals surface area contributed by atoms with Crippen molar-refractivity contribution in [2.45, 2.75) is 37.6 Å². The van der Waals surface area contributed by atoms with E-state index in [2.05, 4.69) is 32.4 Å². The molecule has 0 saturated carbocycles. The summed E-state index contributed by atoms with van der Waals surface area (Å²) in [4.78, 5) is 4.63. The molecule has 114 valence electrons. The van der Waals surface area contributed by atoms with Crippen LogP contribution in [0.5, 0.6) is 0 Å². The molecule has 0 aliphatic carbocycles. The molecule has 6 heteroatoms. The van der Waals surface area contributed by atoms with Gasteiger partial charge in [0.1, 0.15) is 11.6 Å². The summed E-state index contributed by atoms with van der Waals surface area (Å²) < 4.78 is 22.0. The highest BCUT2D eigenvalue weighted by Crippen LogP contribution is 2.37. The van der Waals surface area contributed by atoms with Crippen LogP contribution in [0.1, 0.15) is 37.9 Å². The van der Waals surface area contributed by atoms with Crippen LogP contribution in [-0.2, 0) is 10.3 Å². The standard InChI is InChI=1S/C15H17BrClFN2O/c1-9(17)14-19-12-7-10(16)11(18)8-13(12)20(14)15(2)3-5-21-6-4-15/h7-9H,3-6H2,1-2H3. The second-order valence-corrected chi connectivity index (χ2v) is 7.29. The van der Waals surface area contributed by atoms with E-state index in [0.717, 1.165) is 29.7 Å². The van der Waals surface area contributed by atoms with Gasteiger partial charge in [-0.1, -0.05) is 0 Å². The summed E-state index contributed by atoms with van der Waals surface area (Å²) >= 11 is 9.54. The van der Waals surface area contributed by atoms with E-state index >= 15 is 0 Å². The average Bonchev–Trinajstić information content (AvgIpc) is 2.79. The minimum Gasteiger partial charge on any atom is -0.381 e. The Morgan fingerprint density at radius 1 is 1.43 bits per heavy atom. The molecule has 1 fully saturated rings. The molecule has 21 heavy (non-hydrogen) atoms. The molecule has 1 unspecified atom stereocenters. The number of aromatic nitrogens is 2. The molecule has 0 radical (unpaired) electrons. The van der Waals surface area contributed by atoms with Gasteiger partial charge in [-0.25, -0.2) is 9.37 Å². The molecular weight excluding hydrogens is 359 g/mol. The lowest BCUT2D eigenvalue weighted by Gasteiger charge is -2.37. The summed E-state index contributed by atoms with van der Waals surface area (Å²) in [5.74, 6) is 0.502. The SMILES string of the molecule is CC(Cl)c1nc2cc(Br)c(F)cc2n1C1(C)CCOCC1. The van der Waals surface area contributed by atoms with Gasteiger partial charge in [-0.2, -0.15) is 0 Å². The van der Waals surface area contributed by atoms with E-state index in [0.29, 0.717) is 17.7 Å². The Hall–Kier alpha value is -0.650. The van der Waals surface area contributed by atoms with Crippen molar-refractivity contribution < 1.29 is 9.13 Å². The van der Waals surface area contributed by atoms with Crippen LogP contribution in [0.15, 0.2) is 16.6 Å². The van der Waals surface area contributed by atoms with E-state index in [1.807, 2.05) is 6.92 Å². The van der Waals surface area contributed by atoms with Gasteiger partial charge in [-0.15, -0.1) is 11.6 Å². The van der Waals surface area contributed by atoms with Crippen molar-refractivity contribution in [3.8, 4) is 0 Å². The second-order valence-electron chi connectivity index (χ2n) is 5.79. The largest absolute Gasteiger partial charge is 0.381 e. The third-order valence-corrected chi connectivity index (χ3v) is 4.99. The monoisotopic (exact) mass is 374 g/mol. The van der Waals surface area contributed by atoms with Gasteiger partial charge < -0.3 is 9.30 Å². The highest BCUT2D eigenvalue weighted by atomic mass is 79.9. The number of hydrogen-bond donors (Lipinski definition) is 0. The Morgan fingerprint density at radius 2 is 2.10 bits per heavy atom. The van der Waals surface area contributed by atoms with Crippen molar-refractivity contribution in [2.75, 3.05) is 13.2 Å². The molecule has 1 aliphatic rings. The molecule has 2 aromatic rings. The maximum atomic E-state index is 14.0. The number of imidazole rings is 1. The molecular formula is C15H17BrClFN2O. The molecule has 1 atom stereocenters. The zero-order chi connectivity index (χ0) is 15.2. The summed E-state index contributed by atoms with van der Waals surface area (Å²) in [6.07, 6.45) is 1.74. The first-order valence-electron chi connectivity index (χ1n) is 7.02. The Bertz CT molecular complexity index is 680. The van der Waals surface area contributed by atoms with E-state index in [9.17, 15) is 4.39 Å². The molecule has 0 N–H and O–H groups in total. The van der Waals surface area contributed by atoms with Gasteiger partial charge in [-0.3, -0.25) is 0 Å². The highest BCUT2D eigenvalue weighted by Gasteiger charge is 2.34. The lowest BCUT2D eigenvalue weighted by atomic mass is 9.91. The van der Waals surface area contributed by atoms with Crippen molar-refractivity contribution in [3.63, 3.8) is 0 Å². The molecule has 2 heterocycles. The summed E-state index contributed by atoms with van der Waals surface area (Å²) in [6.45, 7) is 5.46. The van der Waals surface area contributed by atoms with Crippen LogP contribution in [0.4, 0.5) is 4.39 Å². The quantitative estimate of drug-likeness (QED) is 0.707. The van der Waals surface area contributed by atoms with E-state index in [1.54, 1.807) is 6.07 Å². The van der Waals surface area contributed by atoms with E-state index in [1.165, 1.54) is 6.07 Å². The Balaban J connectivity index is 2.27. The third kappa shape index (κ3) is 2.60. The molecule has 0 bridgehead atoms. The van der Waals surface area contributed by atoms with Gasteiger partial charge in [0.25, 0.3) is 0 Å². The Kier molecular flexibility index (Phi) is 4.01. The Labute approximate surface area is 136 Å². The first kappa shape index (κ1) is 15.3. The zero-order valence-corrected chi connectivity index (χ0v) is 14.3. The smallest absolute Gasteiger partial charge is 0.139 e. The predicted octanol–water partition coefficient (Wildman–Crippen LogP) is 4.76. The fourth-order valence-corrected chi connectivity index (χ4v) is 3.44. The van der Waals surface area contributed by atoms with Gasteiger partial charge in [0.15, 0.2) is 0 Å². The van der Waals surface area contributed by atoms with Crippen LogP contribution in [0.2, 0.25) is 0 Å². The van der Waals surface area contributed by atoms with Gasteiger partial charge in [0.05, 0.1) is 20.9 Å². The zero-order valence-electron chi connectivity index (χ0n) is 12.0. The van der Waals surface area contributed by atoms with Crippen LogP contribution in [-0.4, -0.2) is 22.8 Å². The number of hydrogen-bond acceptors (Lipinski definition) is 2. The molecule has 1 aliphatic heterocycles. The summed E-state index contributed by atoms with van der Waals surface area (Å²) in [6, 6.07) is 3.25. The molecule has 0 amide bonds. The fraction of sp³-hybridized carbons (Fsp3) is 0.533. The maximum absolute atomic E-state index is 14.0. The van der Waals surface area contributed by atoms with Crippen LogP contribution >= 0.6 is 27.5 Å². The lowest BCUT2D eigenvalue weighted by molar-refractivity contribution is 0.0300. The molecule has 3 rings (SSSR count). The van der Waals surface area contributed by atoms with Crippen molar-refractivity contribution in [2.24, 2.45) is 0 Å². The number of benzene rings is 1. The van der Waals surface area contributed by atoms with E-state index in [4.69, 9.17) is 16.3 Å². The average molecular weight is 376 g/mol. The number of fused-ring (bicyclic) bond motifs is 1. The third-order valence-electron chi connectivity index (χ3n) is 4.19. The number of alkyl halides is 1. The van der Waals surface area contributed by atoms with Gasteiger partial charge in [-0.05, 0) is 48.7 Å². The normalized spacial score (nSPS) is 19.9. The summed E-state index contributed by atoms with van der Waals surface area (Å²) in [5, 5.41) is -0.237. The van der Waals surface area contributed by atoms with Crippen LogP contribution in [0.25, 0.3) is 11.0 Å². The number of nitrogens with zero attached hydrogens (tertiary/aromatic N) is 2. The summed E-state index contributed by atoms with van der Waals surface area (Å²) in [7, 11) is 0. The summed E-state index contributed by atoms with van der Waals surface area (Å²) in [5.41, 5.74) is 1.41. The van der Waals surface area contributed by atoms with E-state index in [-0.39, 0.29) is 16.7 Å². The minimum absolute atomic E-state index is 0.147. The second kappa shape index (κ2) is 5.52.